The third-order valence-corrected chi connectivity index (χ3v) is 2.34. The Balaban J connectivity index is 2.16. The number of rotatable bonds is 2. The lowest BCUT2D eigenvalue weighted by Crippen LogP contribution is -1.94. The number of aromatic nitrogens is 3. The lowest BCUT2D eigenvalue weighted by atomic mass is 10.3. The summed E-state index contributed by atoms with van der Waals surface area (Å²) < 4.78 is 6.76. The second-order valence-electron chi connectivity index (χ2n) is 3.45. The van der Waals surface area contributed by atoms with Crippen LogP contribution < -0.4 is 0 Å². The second kappa shape index (κ2) is 3.44. The van der Waals surface area contributed by atoms with Crippen LogP contribution >= 0.6 is 0 Å². The van der Waals surface area contributed by atoms with Crippen LogP contribution in [0.1, 0.15) is 10.5 Å². The van der Waals surface area contributed by atoms with E-state index in [1.54, 1.807) is 28.9 Å². The van der Waals surface area contributed by atoms with E-state index in [0.29, 0.717) is 17.1 Å². The fourth-order valence-electron chi connectivity index (χ4n) is 1.55. The van der Waals surface area contributed by atoms with Crippen LogP contribution in [0.2, 0.25) is 0 Å². The van der Waals surface area contributed by atoms with Gasteiger partial charge in [0.1, 0.15) is 17.7 Å². The Labute approximate surface area is 95.2 Å². The summed E-state index contributed by atoms with van der Waals surface area (Å²) in [5.41, 5.74) is 1.12. The lowest BCUT2D eigenvalue weighted by Gasteiger charge is -1.96. The van der Waals surface area contributed by atoms with Crippen molar-refractivity contribution in [1.29, 1.82) is 0 Å². The van der Waals surface area contributed by atoms with Crippen molar-refractivity contribution in [3.05, 3.63) is 42.7 Å². The molecule has 6 heteroatoms. The van der Waals surface area contributed by atoms with Crippen molar-refractivity contribution < 1.29 is 14.3 Å². The van der Waals surface area contributed by atoms with E-state index in [1.165, 1.54) is 12.5 Å². The Bertz CT molecular complexity index is 685. The van der Waals surface area contributed by atoms with Crippen molar-refractivity contribution >= 4 is 11.6 Å². The van der Waals surface area contributed by atoms with Gasteiger partial charge in [0, 0.05) is 12.3 Å². The van der Waals surface area contributed by atoms with Crippen LogP contribution in [0.15, 0.2) is 41.4 Å². The highest BCUT2D eigenvalue weighted by Gasteiger charge is 2.10. The van der Waals surface area contributed by atoms with Gasteiger partial charge in [-0.05, 0) is 12.1 Å². The van der Waals surface area contributed by atoms with E-state index in [0.717, 1.165) is 0 Å². The summed E-state index contributed by atoms with van der Waals surface area (Å²) in [7, 11) is 0. The topological polar surface area (TPSA) is 80.6 Å². The number of aromatic carboxylic acids is 1. The van der Waals surface area contributed by atoms with Crippen LogP contribution in [0.3, 0.4) is 0 Å². The van der Waals surface area contributed by atoms with E-state index in [1.807, 2.05) is 0 Å². The average Bonchev–Trinajstić information content (AvgIpc) is 2.97. The first-order chi connectivity index (χ1) is 8.24. The molecule has 0 aliphatic carbocycles. The fourth-order valence-corrected chi connectivity index (χ4v) is 1.55. The maximum atomic E-state index is 10.8. The molecule has 0 aliphatic rings. The largest absolute Gasteiger partial charge is 0.476 e. The van der Waals surface area contributed by atoms with Crippen molar-refractivity contribution in [2.75, 3.05) is 0 Å². The Morgan fingerprint density at radius 2 is 2.35 bits per heavy atom. The third kappa shape index (κ3) is 1.55. The third-order valence-electron chi connectivity index (χ3n) is 2.34. The zero-order chi connectivity index (χ0) is 11.8. The van der Waals surface area contributed by atoms with Gasteiger partial charge in [-0.3, -0.25) is 4.40 Å². The van der Waals surface area contributed by atoms with Gasteiger partial charge in [0.25, 0.3) is 0 Å². The highest BCUT2D eigenvalue weighted by molar-refractivity contribution is 5.86. The smallest absolute Gasteiger partial charge is 0.356 e. The molecule has 0 aliphatic heterocycles. The number of hydrogen-bond donors (Lipinski definition) is 1. The van der Waals surface area contributed by atoms with E-state index in [9.17, 15) is 4.79 Å². The minimum Gasteiger partial charge on any atom is -0.476 e. The normalized spacial score (nSPS) is 10.8. The molecule has 3 rings (SSSR count). The molecule has 0 fully saturated rings. The van der Waals surface area contributed by atoms with Crippen molar-refractivity contribution in [1.82, 2.24) is 14.4 Å². The first-order valence-electron chi connectivity index (χ1n) is 4.86. The number of nitrogens with zero attached hydrogens (tertiary/aromatic N) is 3. The quantitative estimate of drug-likeness (QED) is 0.723. The average molecular weight is 229 g/mol. The standard InChI is InChI=1S/C11H7N3O3/c15-11(16)8-5-14-6-12-7(4-10(14)13-8)9-2-1-3-17-9/h1-6H,(H,15,16). The molecule has 0 aromatic carbocycles. The fraction of sp³-hybridized carbons (Fsp3) is 0. The number of imidazole rings is 1. The molecule has 3 aromatic heterocycles. The molecule has 3 heterocycles. The van der Waals surface area contributed by atoms with Crippen LogP contribution in [-0.2, 0) is 0 Å². The summed E-state index contributed by atoms with van der Waals surface area (Å²) >= 11 is 0. The molecule has 0 radical (unpaired) electrons. The molecule has 1 N–H and O–H groups in total. The number of fused-ring (bicyclic) bond motifs is 1. The SMILES string of the molecule is O=C(O)c1cn2cnc(-c3ccco3)cc2n1. The number of carbonyl (C=O) groups is 1. The number of carboxylic acids is 1. The van der Waals surface area contributed by atoms with E-state index in [-0.39, 0.29) is 5.69 Å². The molecule has 0 unspecified atom stereocenters. The van der Waals surface area contributed by atoms with Gasteiger partial charge in [-0.25, -0.2) is 14.8 Å². The summed E-state index contributed by atoms with van der Waals surface area (Å²) in [4.78, 5) is 18.9. The molecular weight excluding hydrogens is 222 g/mol. The maximum absolute atomic E-state index is 10.8. The first-order valence-corrected chi connectivity index (χ1v) is 4.86. The molecule has 0 saturated carbocycles. The number of carboxylic acid groups (broad SMARTS) is 1. The van der Waals surface area contributed by atoms with Crippen molar-refractivity contribution in [2.24, 2.45) is 0 Å². The molecule has 6 nitrogen and oxygen atoms in total. The molecular formula is C11H7N3O3. The predicted octanol–water partition coefficient (Wildman–Crippen LogP) is 1.69. The molecule has 3 aromatic rings. The van der Waals surface area contributed by atoms with Crippen LogP contribution in [0.5, 0.6) is 0 Å². The van der Waals surface area contributed by atoms with E-state index in [2.05, 4.69) is 9.97 Å². The molecule has 0 amide bonds. The monoisotopic (exact) mass is 229 g/mol. The summed E-state index contributed by atoms with van der Waals surface area (Å²) in [5.74, 6) is -0.444. The maximum Gasteiger partial charge on any atom is 0.356 e. The minimum atomic E-state index is -1.06. The number of furan rings is 1. The van der Waals surface area contributed by atoms with Gasteiger partial charge in [-0.15, -0.1) is 0 Å². The Morgan fingerprint density at radius 3 is 3.06 bits per heavy atom. The van der Waals surface area contributed by atoms with Gasteiger partial charge in [-0.2, -0.15) is 0 Å². The summed E-state index contributed by atoms with van der Waals surface area (Å²) in [5, 5.41) is 8.82. The van der Waals surface area contributed by atoms with E-state index in [4.69, 9.17) is 9.52 Å². The number of hydrogen-bond acceptors (Lipinski definition) is 4. The minimum absolute atomic E-state index is 0.0107. The molecule has 0 saturated heterocycles. The Morgan fingerprint density at radius 1 is 1.47 bits per heavy atom. The molecule has 17 heavy (non-hydrogen) atoms. The summed E-state index contributed by atoms with van der Waals surface area (Å²) in [6, 6.07) is 5.21. The van der Waals surface area contributed by atoms with Crippen molar-refractivity contribution in [3.8, 4) is 11.5 Å². The van der Waals surface area contributed by atoms with Crippen LogP contribution in [0.4, 0.5) is 0 Å². The molecule has 0 bridgehead atoms. The molecule has 84 valence electrons. The molecule has 0 atom stereocenters. The van der Waals surface area contributed by atoms with Gasteiger partial charge < -0.3 is 9.52 Å². The van der Waals surface area contributed by atoms with Crippen LogP contribution in [-0.4, -0.2) is 25.4 Å². The summed E-state index contributed by atoms with van der Waals surface area (Å²) in [6.07, 6.45) is 4.47. The Hall–Kier alpha value is -2.63. The van der Waals surface area contributed by atoms with Gasteiger partial charge in [0.05, 0.1) is 6.26 Å². The predicted molar refractivity (Wildman–Crippen MR) is 57.6 cm³/mol. The van der Waals surface area contributed by atoms with Crippen LogP contribution in [0.25, 0.3) is 17.1 Å². The van der Waals surface area contributed by atoms with E-state index >= 15 is 0 Å². The van der Waals surface area contributed by atoms with Gasteiger partial charge >= 0.3 is 5.97 Å². The molecule has 0 spiro atoms. The van der Waals surface area contributed by atoms with Gasteiger partial charge in [-0.1, -0.05) is 0 Å². The van der Waals surface area contributed by atoms with Gasteiger partial charge in [0.2, 0.25) is 0 Å². The van der Waals surface area contributed by atoms with Crippen LogP contribution in [0, 0.1) is 0 Å². The lowest BCUT2D eigenvalue weighted by molar-refractivity contribution is 0.0691. The van der Waals surface area contributed by atoms with Gasteiger partial charge in [0.15, 0.2) is 11.5 Å². The van der Waals surface area contributed by atoms with Crippen molar-refractivity contribution in [2.45, 2.75) is 0 Å². The second-order valence-corrected chi connectivity index (χ2v) is 3.45. The van der Waals surface area contributed by atoms with E-state index < -0.39 is 5.97 Å². The highest BCUT2D eigenvalue weighted by Crippen LogP contribution is 2.18. The van der Waals surface area contributed by atoms with Crippen molar-refractivity contribution in [3.63, 3.8) is 0 Å². The summed E-state index contributed by atoms with van der Waals surface area (Å²) in [6.45, 7) is 0. The Kier molecular flexibility index (Phi) is 1.94. The zero-order valence-electron chi connectivity index (χ0n) is 8.57. The zero-order valence-corrected chi connectivity index (χ0v) is 8.57. The highest BCUT2D eigenvalue weighted by atomic mass is 16.4. The first kappa shape index (κ1) is 9.59.